The number of hydrogen-bond donors (Lipinski definition) is 2. The van der Waals surface area contributed by atoms with Crippen molar-refractivity contribution in [1.29, 1.82) is 0 Å². The summed E-state index contributed by atoms with van der Waals surface area (Å²) in [6.07, 6.45) is 0.0766. The molecule has 29 heavy (non-hydrogen) atoms. The van der Waals surface area contributed by atoms with Gasteiger partial charge in [0.25, 0.3) is 0 Å². The van der Waals surface area contributed by atoms with Crippen LogP contribution in [0.15, 0.2) is 71.0 Å². The van der Waals surface area contributed by atoms with E-state index in [0.717, 1.165) is 0 Å². The van der Waals surface area contributed by atoms with Crippen molar-refractivity contribution < 1.29 is 19.8 Å². The molecule has 0 bridgehead atoms. The largest absolute Gasteiger partial charge is 0.508 e. The third kappa shape index (κ3) is 4.18. The molecule has 0 spiro atoms. The normalized spacial score (nSPS) is 17.8. The third-order valence-electron chi connectivity index (χ3n) is 4.28. The zero-order chi connectivity index (χ0) is 20.4. The maximum absolute atomic E-state index is 13.1. The molecule has 1 unspecified atom stereocenters. The minimum absolute atomic E-state index is 0.0766. The number of rotatable bonds is 5. The lowest BCUT2D eigenvalue weighted by Gasteiger charge is -2.16. The lowest BCUT2D eigenvalue weighted by atomic mass is 10.1. The van der Waals surface area contributed by atoms with E-state index >= 15 is 0 Å². The van der Waals surface area contributed by atoms with Crippen LogP contribution < -0.4 is 4.90 Å². The number of benzene rings is 2. The molecule has 1 atom stereocenters. The van der Waals surface area contributed by atoms with Gasteiger partial charge in [-0.25, -0.2) is 4.99 Å². The highest BCUT2D eigenvalue weighted by Gasteiger charge is 2.40. The fourth-order valence-electron chi connectivity index (χ4n) is 2.86. The van der Waals surface area contributed by atoms with Crippen LogP contribution in [0.2, 0.25) is 0 Å². The summed E-state index contributed by atoms with van der Waals surface area (Å²) in [5.41, 5.74) is 1.14. The van der Waals surface area contributed by atoms with Crippen LogP contribution in [0.1, 0.15) is 16.1 Å². The molecule has 1 amide bonds. The Labute approximate surface area is 175 Å². The van der Waals surface area contributed by atoms with Gasteiger partial charge >= 0.3 is 0 Å². The zero-order valence-electron chi connectivity index (χ0n) is 15.1. The fourth-order valence-corrected chi connectivity index (χ4v) is 4.69. The molecule has 1 saturated heterocycles. The molecule has 3 aromatic rings. The molecule has 2 aromatic carbocycles. The number of carbonyl (C=O) groups excluding carboxylic acids is 2. The number of aliphatic imine (C=N–C) groups is 1. The maximum atomic E-state index is 13.1. The Morgan fingerprint density at radius 2 is 1.66 bits per heavy atom. The quantitative estimate of drug-likeness (QED) is 0.586. The Kier molecular flexibility index (Phi) is 5.37. The summed E-state index contributed by atoms with van der Waals surface area (Å²) < 4.78 is 0. The second-order valence-electron chi connectivity index (χ2n) is 6.31. The summed E-state index contributed by atoms with van der Waals surface area (Å²) in [5, 5.41) is 20.7. The topological polar surface area (TPSA) is 90.2 Å². The van der Waals surface area contributed by atoms with Crippen molar-refractivity contribution in [2.45, 2.75) is 11.7 Å². The summed E-state index contributed by atoms with van der Waals surface area (Å²) in [5.74, 6) is -0.0982. The monoisotopic (exact) mass is 424 g/mol. The first kappa shape index (κ1) is 19.2. The van der Waals surface area contributed by atoms with Crippen molar-refractivity contribution in [3.63, 3.8) is 0 Å². The number of hydrogen-bond acceptors (Lipinski definition) is 7. The van der Waals surface area contributed by atoms with Gasteiger partial charge in [-0.05, 0) is 60.0 Å². The van der Waals surface area contributed by atoms with Gasteiger partial charge in [-0.1, -0.05) is 17.8 Å². The van der Waals surface area contributed by atoms with Gasteiger partial charge in [-0.15, -0.1) is 11.3 Å². The lowest BCUT2D eigenvalue weighted by molar-refractivity contribution is -0.116. The van der Waals surface area contributed by atoms with E-state index in [1.807, 2.05) is 11.4 Å². The van der Waals surface area contributed by atoms with E-state index in [2.05, 4.69) is 4.99 Å². The zero-order valence-corrected chi connectivity index (χ0v) is 16.7. The number of carbonyl (C=O) groups is 2. The van der Waals surface area contributed by atoms with Crippen molar-refractivity contribution >= 4 is 51.3 Å². The summed E-state index contributed by atoms with van der Waals surface area (Å²) in [4.78, 5) is 32.3. The molecule has 0 radical (unpaired) electrons. The van der Waals surface area contributed by atoms with Crippen molar-refractivity contribution in [3.05, 3.63) is 70.9 Å². The lowest BCUT2D eigenvalue weighted by Crippen LogP contribution is -2.32. The van der Waals surface area contributed by atoms with Crippen LogP contribution in [0.5, 0.6) is 11.5 Å². The first-order valence-electron chi connectivity index (χ1n) is 8.75. The second kappa shape index (κ2) is 8.10. The Hall–Kier alpha value is -3.10. The summed E-state index contributed by atoms with van der Waals surface area (Å²) in [6.45, 7) is 0. The number of nitrogens with zero attached hydrogens (tertiary/aromatic N) is 2. The smallest absolute Gasteiger partial charge is 0.247 e. The number of phenols is 2. The third-order valence-corrected chi connectivity index (χ3v) is 6.33. The standard InChI is InChI=1S/C21H16N2O4S2/c24-15-7-3-13(4-8-15)22-21-23(14-5-9-16(25)10-6-14)20(27)19(29-21)12-17(26)18-2-1-11-28-18/h1-11,19,24-25H,12H2. The summed E-state index contributed by atoms with van der Waals surface area (Å²) >= 11 is 2.59. The molecule has 2 N–H and O–H groups in total. The van der Waals surface area contributed by atoms with Crippen LogP contribution in [0.4, 0.5) is 11.4 Å². The minimum Gasteiger partial charge on any atom is -0.508 e. The minimum atomic E-state index is -0.589. The predicted octanol–water partition coefficient (Wildman–Crippen LogP) is 4.57. The number of phenolic OH excluding ortho intramolecular Hbond substituents is 2. The van der Waals surface area contributed by atoms with Gasteiger partial charge in [-0.2, -0.15) is 0 Å². The fraction of sp³-hybridized carbons (Fsp3) is 0.0952. The van der Waals surface area contributed by atoms with E-state index < -0.39 is 5.25 Å². The number of ketones is 1. The van der Waals surface area contributed by atoms with E-state index in [-0.39, 0.29) is 29.6 Å². The van der Waals surface area contributed by atoms with Gasteiger partial charge in [0.15, 0.2) is 11.0 Å². The van der Waals surface area contributed by atoms with E-state index in [1.165, 1.54) is 52.3 Å². The highest BCUT2D eigenvalue weighted by Crippen LogP contribution is 2.36. The van der Waals surface area contributed by atoms with Gasteiger partial charge < -0.3 is 10.2 Å². The van der Waals surface area contributed by atoms with Gasteiger partial charge in [0.1, 0.15) is 11.5 Å². The molecular weight excluding hydrogens is 408 g/mol. The van der Waals surface area contributed by atoms with Crippen molar-refractivity contribution in [3.8, 4) is 11.5 Å². The Balaban J connectivity index is 1.66. The Morgan fingerprint density at radius 1 is 1.00 bits per heavy atom. The number of aromatic hydroxyl groups is 2. The number of Topliss-reactive ketones (excluding diaryl/α,β-unsaturated/α-hetero) is 1. The molecule has 2 heterocycles. The van der Waals surface area contributed by atoms with Crippen LogP contribution >= 0.6 is 23.1 Å². The van der Waals surface area contributed by atoms with Crippen molar-refractivity contribution in [2.24, 2.45) is 4.99 Å². The van der Waals surface area contributed by atoms with E-state index in [9.17, 15) is 19.8 Å². The molecule has 4 rings (SSSR count). The number of amidine groups is 1. The van der Waals surface area contributed by atoms with Gasteiger partial charge in [-0.3, -0.25) is 14.5 Å². The van der Waals surface area contributed by atoms with Crippen molar-refractivity contribution in [2.75, 3.05) is 4.90 Å². The van der Waals surface area contributed by atoms with Crippen molar-refractivity contribution in [1.82, 2.24) is 0 Å². The van der Waals surface area contributed by atoms with Gasteiger partial charge in [0, 0.05) is 6.42 Å². The van der Waals surface area contributed by atoms with Crippen LogP contribution in [-0.2, 0) is 4.79 Å². The van der Waals surface area contributed by atoms with Crippen LogP contribution in [0, 0.1) is 0 Å². The molecule has 8 heteroatoms. The highest BCUT2D eigenvalue weighted by atomic mass is 32.2. The first-order valence-corrected chi connectivity index (χ1v) is 10.5. The van der Waals surface area contributed by atoms with Gasteiger partial charge in [0.05, 0.1) is 21.5 Å². The molecule has 1 aromatic heterocycles. The highest BCUT2D eigenvalue weighted by molar-refractivity contribution is 8.16. The maximum Gasteiger partial charge on any atom is 0.247 e. The SMILES string of the molecule is O=C(CC1SC(=Nc2ccc(O)cc2)N(c2ccc(O)cc2)C1=O)c1cccs1. The number of thioether (sulfide) groups is 1. The number of amides is 1. The molecule has 1 fully saturated rings. The first-order chi connectivity index (χ1) is 14.0. The van der Waals surface area contributed by atoms with Crippen LogP contribution in [0.25, 0.3) is 0 Å². The van der Waals surface area contributed by atoms with Gasteiger partial charge in [0.2, 0.25) is 5.91 Å². The number of anilines is 1. The average molecular weight is 425 g/mol. The molecule has 1 aliphatic heterocycles. The summed E-state index contributed by atoms with van der Waals surface area (Å²) in [6, 6.07) is 16.1. The molecule has 0 saturated carbocycles. The van der Waals surface area contributed by atoms with Crippen LogP contribution in [-0.4, -0.2) is 32.3 Å². The predicted molar refractivity (Wildman–Crippen MR) is 115 cm³/mol. The average Bonchev–Trinajstić information content (AvgIpc) is 3.34. The van der Waals surface area contributed by atoms with E-state index in [1.54, 1.807) is 30.3 Å². The molecule has 6 nitrogen and oxygen atoms in total. The molecule has 1 aliphatic rings. The van der Waals surface area contributed by atoms with Crippen LogP contribution in [0.3, 0.4) is 0 Å². The molecule has 0 aliphatic carbocycles. The Bertz CT molecular complexity index is 1060. The summed E-state index contributed by atoms with van der Waals surface area (Å²) in [7, 11) is 0. The van der Waals surface area contributed by atoms with E-state index in [4.69, 9.17) is 0 Å². The van der Waals surface area contributed by atoms with E-state index in [0.29, 0.717) is 21.4 Å². The number of thiophene rings is 1. The molecule has 146 valence electrons. The molecular formula is C21H16N2O4S2. The second-order valence-corrected chi connectivity index (χ2v) is 8.43. The Morgan fingerprint density at radius 3 is 2.28 bits per heavy atom.